The standard InChI is InChI=1S/C28H48N2O19/c1-7-13(29-9(3)33)18(38)24(28(44-7)48-23-15(35)8(2)43-25(42)21(23)41)49-26-14(30-10(4)34)22(17(37)12(6-32)45-26)47-27-20(40)19(39)16(36)11(5-31)46-27/h7-8,11-28,31-32,35-42H,5-6H2,1-4H3,(H,29,33)(H,30,34)/t7-,8+,11-,12-,13-,14-,15-,16-,17+,18+,19+,20-,21+,22-,23-,24+,25-,26-,27+,28+/m1/s1. The molecule has 4 rings (SSSR count). The first kappa shape index (κ1) is 40.0. The van der Waals surface area contributed by atoms with Crippen LogP contribution in [-0.2, 0) is 42.7 Å². The SMILES string of the molecule is CC(=O)N[C@H]1[C@@H](O[C@@H]2[C@H](O[C@@H]3[C@H](O)[C@H](C)O[C@@H](O)[C@H]3O)O[C@H](C)[C@@H](NC(C)=O)[C@@H]2O)O[C@H](CO)[C@H](O)[C@@H]1O[C@@H]1O[C@H](CO)[C@@H](O)[C@H](O)[C@H]1O. The van der Waals surface area contributed by atoms with Crippen molar-refractivity contribution in [1.29, 1.82) is 0 Å². The molecule has 284 valence electrons. The lowest BCUT2D eigenvalue weighted by molar-refractivity contribution is -0.378. The van der Waals surface area contributed by atoms with Crippen molar-refractivity contribution in [1.82, 2.24) is 10.6 Å². The van der Waals surface area contributed by atoms with Crippen molar-refractivity contribution in [3.8, 4) is 0 Å². The summed E-state index contributed by atoms with van der Waals surface area (Å²) in [6.45, 7) is 3.48. The Kier molecular flexibility index (Phi) is 13.7. The number of aliphatic hydroxyl groups excluding tert-OH is 10. The van der Waals surface area contributed by atoms with Crippen molar-refractivity contribution < 1.29 is 93.8 Å². The van der Waals surface area contributed by atoms with Crippen molar-refractivity contribution in [3.05, 3.63) is 0 Å². The molecule has 0 radical (unpaired) electrons. The smallest absolute Gasteiger partial charge is 0.217 e. The molecule has 12 N–H and O–H groups in total. The van der Waals surface area contributed by atoms with Crippen LogP contribution in [0.5, 0.6) is 0 Å². The summed E-state index contributed by atoms with van der Waals surface area (Å²) in [5.41, 5.74) is 0. The number of carbonyl (C=O) groups is 2. The lowest BCUT2D eigenvalue weighted by Crippen LogP contribution is -2.70. The summed E-state index contributed by atoms with van der Waals surface area (Å²) in [6.07, 6.45) is -29.3. The van der Waals surface area contributed by atoms with E-state index in [1.807, 2.05) is 0 Å². The molecule has 0 unspecified atom stereocenters. The highest BCUT2D eigenvalue weighted by Gasteiger charge is 2.55. The lowest BCUT2D eigenvalue weighted by Gasteiger charge is -2.50. The van der Waals surface area contributed by atoms with Crippen molar-refractivity contribution in [2.45, 2.75) is 150 Å². The van der Waals surface area contributed by atoms with Gasteiger partial charge in [0.25, 0.3) is 0 Å². The summed E-state index contributed by atoms with van der Waals surface area (Å²) in [5, 5.41) is 110. The Bertz CT molecular complexity index is 1090. The van der Waals surface area contributed by atoms with Gasteiger partial charge in [-0.2, -0.15) is 0 Å². The van der Waals surface area contributed by atoms with E-state index in [2.05, 4.69) is 10.6 Å². The summed E-state index contributed by atoms with van der Waals surface area (Å²) < 4.78 is 40.0. The Morgan fingerprint density at radius 2 is 1.06 bits per heavy atom. The average molecular weight is 717 g/mol. The lowest BCUT2D eigenvalue weighted by atomic mass is 9.94. The summed E-state index contributed by atoms with van der Waals surface area (Å²) in [4.78, 5) is 24.4. The van der Waals surface area contributed by atoms with Crippen LogP contribution in [-0.4, -0.2) is 199 Å². The molecular formula is C28H48N2O19. The molecule has 4 heterocycles. The fourth-order valence-electron chi connectivity index (χ4n) is 6.26. The van der Waals surface area contributed by atoms with Gasteiger partial charge in [-0.1, -0.05) is 0 Å². The van der Waals surface area contributed by atoms with Gasteiger partial charge in [-0.15, -0.1) is 0 Å². The molecule has 0 aliphatic carbocycles. The topological polar surface area (TPSA) is 325 Å². The van der Waals surface area contributed by atoms with Crippen molar-refractivity contribution in [3.63, 3.8) is 0 Å². The van der Waals surface area contributed by atoms with Gasteiger partial charge >= 0.3 is 0 Å². The molecule has 21 heteroatoms. The van der Waals surface area contributed by atoms with Crippen LogP contribution < -0.4 is 10.6 Å². The van der Waals surface area contributed by atoms with E-state index < -0.39 is 148 Å². The minimum absolute atomic E-state index is 0.564. The normalized spacial score (nSPS) is 49.3. The van der Waals surface area contributed by atoms with Crippen molar-refractivity contribution in [2.75, 3.05) is 13.2 Å². The van der Waals surface area contributed by atoms with Gasteiger partial charge in [0.2, 0.25) is 11.8 Å². The predicted octanol–water partition coefficient (Wildman–Crippen LogP) is -7.41. The number of hydrogen-bond donors (Lipinski definition) is 12. The Morgan fingerprint density at radius 1 is 0.531 bits per heavy atom. The molecule has 20 atom stereocenters. The van der Waals surface area contributed by atoms with Crippen LogP contribution in [0.4, 0.5) is 0 Å². The van der Waals surface area contributed by atoms with E-state index >= 15 is 0 Å². The number of rotatable bonds is 10. The van der Waals surface area contributed by atoms with Crippen LogP contribution in [0.15, 0.2) is 0 Å². The second-order valence-electron chi connectivity index (χ2n) is 12.6. The maximum atomic E-state index is 12.4. The van der Waals surface area contributed by atoms with Crippen LogP contribution in [0.1, 0.15) is 27.7 Å². The van der Waals surface area contributed by atoms with E-state index in [9.17, 15) is 60.7 Å². The van der Waals surface area contributed by atoms with Gasteiger partial charge in [0.05, 0.1) is 31.5 Å². The van der Waals surface area contributed by atoms with E-state index in [0.29, 0.717) is 0 Å². The number of hydrogen-bond acceptors (Lipinski definition) is 19. The molecule has 2 amide bonds. The van der Waals surface area contributed by atoms with E-state index in [0.717, 1.165) is 6.92 Å². The molecule has 0 aromatic rings. The van der Waals surface area contributed by atoms with Crippen LogP contribution in [0.3, 0.4) is 0 Å². The molecular weight excluding hydrogens is 668 g/mol. The highest BCUT2D eigenvalue weighted by Crippen LogP contribution is 2.34. The first-order chi connectivity index (χ1) is 23.0. The van der Waals surface area contributed by atoms with E-state index in [4.69, 9.17) is 33.2 Å². The minimum atomic E-state index is -1.93. The zero-order valence-electron chi connectivity index (χ0n) is 27.1. The van der Waals surface area contributed by atoms with Gasteiger partial charge in [0.15, 0.2) is 25.2 Å². The molecule has 0 aromatic heterocycles. The summed E-state index contributed by atoms with van der Waals surface area (Å²) >= 11 is 0. The molecule has 21 nitrogen and oxygen atoms in total. The molecule has 0 saturated carbocycles. The second-order valence-corrected chi connectivity index (χ2v) is 12.6. The predicted molar refractivity (Wildman–Crippen MR) is 154 cm³/mol. The summed E-state index contributed by atoms with van der Waals surface area (Å²) in [6, 6.07) is -2.71. The third kappa shape index (κ3) is 8.67. The molecule has 4 aliphatic rings. The third-order valence-electron chi connectivity index (χ3n) is 8.94. The van der Waals surface area contributed by atoms with Gasteiger partial charge < -0.3 is 94.9 Å². The molecule has 49 heavy (non-hydrogen) atoms. The largest absolute Gasteiger partial charge is 0.394 e. The molecule has 4 saturated heterocycles. The highest BCUT2D eigenvalue weighted by atomic mass is 16.8. The second kappa shape index (κ2) is 16.7. The Morgan fingerprint density at radius 3 is 1.65 bits per heavy atom. The number of carbonyl (C=O) groups excluding carboxylic acids is 2. The van der Waals surface area contributed by atoms with Gasteiger partial charge in [-0.25, -0.2) is 0 Å². The van der Waals surface area contributed by atoms with E-state index in [1.165, 1.54) is 20.8 Å². The maximum absolute atomic E-state index is 12.4. The quantitative estimate of drug-likeness (QED) is 0.0999. The third-order valence-corrected chi connectivity index (χ3v) is 8.94. The first-order valence-electron chi connectivity index (χ1n) is 15.8. The summed E-state index contributed by atoms with van der Waals surface area (Å²) in [7, 11) is 0. The van der Waals surface area contributed by atoms with Crippen LogP contribution >= 0.6 is 0 Å². The minimum Gasteiger partial charge on any atom is -0.394 e. The van der Waals surface area contributed by atoms with Gasteiger partial charge in [0, 0.05) is 13.8 Å². The van der Waals surface area contributed by atoms with Crippen LogP contribution in [0, 0.1) is 0 Å². The zero-order chi connectivity index (χ0) is 36.5. The van der Waals surface area contributed by atoms with Gasteiger partial charge in [-0.05, 0) is 13.8 Å². The Hall–Kier alpha value is -1.74. The number of ether oxygens (including phenoxy) is 7. The first-order valence-corrected chi connectivity index (χ1v) is 15.8. The zero-order valence-corrected chi connectivity index (χ0v) is 27.1. The van der Waals surface area contributed by atoms with Crippen molar-refractivity contribution in [2.24, 2.45) is 0 Å². The molecule has 0 bridgehead atoms. The average Bonchev–Trinajstić information content (AvgIpc) is 3.04. The Labute approximate surface area is 280 Å². The fraction of sp³-hybridized carbons (Fsp3) is 0.929. The molecule has 4 fully saturated rings. The van der Waals surface area contributed by atoms with E-state index in [-0.39, 0.29) is 0 Å². The molecule has 0 aromatic carbocycles. The number of amides is 2. The molecule has 0 spiro atoms. The monoisotopic (exact) mass is 716 g/mol. The maximum Gasteiger partial charge on any atom is 0.217 e. The van der Waals surface area contributed by atoms with Crippen LogP contribution in [0.2, 0.25) is 0 Å². The fourth-order valence-corrected chi connectivity index (χ4v) is 6.26. The summed E-state index contributed by atoms with van der Waals surface area (Å²) in [5.74, 6) is -1.29. The van der Waals surface area contributed by atoms with Gasteiger partial charge in [-0.3, -0.25) is 9.59 Å². The van der Waals surface area contributed by atoms with Gasteiger partial charge in [0.1, 0.15) is 79.3 Å². The Balaban J connectivity index is 1.68. The number of aliphatic hydroxyl groups is 10. The number of nitrogens with one attached hydrogen (secondary N) is 2. The van der Waals surface area contributed by atoms with Crippen molar-refractivity contribution >= 4 is 11.8 Å². The van der Waals surface area contributed by atoms with E-state index in [1.54, 1.807) is 0 Å². The van der Waals surface area contributed by atoms with Crippen LogP contribution in [0.25, 0.3) is 0 Å². The molecule has 4 aliphatic heterocycles. The highest BCUT2D eigenvalue weighted by molar-refractivity contribution is 5.73.